The quantitative estimate of drug-likeness (QED) is 0.620. The maximum Gasteiger partial charge on any atom is 0.253 e. The molecular weight excluding hydrogens is 332 g/mol. The van der Waals surface area contributed by atoms with Gasteiger partial charge in [-0.1, -0.05) is 43.2 Å². The number of rotatable bonds is 3. The Kier molecular flexibility index (Phi) is 5.02. The molecule has 1 aliphatic heterocycles. The van der Waals surface area contributed by atoms with Gasteiger partial charge in [-0.05, 0) is 56.0 Å². The third-order valence-electron chi connectivity index (χ3n) is 5.96. The van der Waals surface area contributed by atoms with E-state index in [1.54, 1.807) is 0 Å². The summed E-state index contributed by atoms with van der Waals surface area (Å²) in [6.07, 6.45) is 4.73. The molecule has 1 saturated heterocycles. The van der Waals surface area contributed by atoms with Crippen LogP contribution in [-0.4, -0.2) is 28.5 Å². The number of likely N-dealkylation sites (tertiary alicyclic amines) is 1. The molecule has 2 heterocycles. The van der Waals surface area contributed by atoms with E-state index in [1.165, 1.54) is 40.6 Å². The van der Waals surface area contributed by atoms with Crippen LogP contribution in [0.4, 0.5) is 0 Å². The van der Waals surface area contributed by atoms with Gasteiger partial charge >= 0.3 is 0 Å². The number of nitrogens with zero attached hydrogens (tertiary/aromatic N) is 2. The lowest BCUT2D eigenvalue weighted by Gasteiger charge is -2.20. The number of aryl methyl sites for hydroxylation is 1. The summed E-state index contributed by atoms with van der Waals surface area (Å²) in [5.74, 6) is 0.187. The molecule has 1 aromatic heterocycles. The second kappa shape index (κ2) is 7.59. The second-order valence-corrected chi connectivity index (χ2v) is 7.72. The molecule has 0 spiro atoms. The van der Waals surface area contributed by atoms with Crippen LogP contribution in [0.1, 0.15) is 52.9 Å². The molecular formula is C24H28N2O. The van der Waals surface area contributed by atoms with Gasteiger partial charge in [-0.3, -0.25) is 4.79 Å². The fourth-order valence-electron chi connectivity index (χ4n) is 4.21. The van der Waals surface area contributed by atoms with E-state index >= 15 is 0 Å². The lowest BCUT2D eigenvalue weighted by Crippen LogP contribution is -2.31. The Morgan fingerprint density at radius 2 is 1.63 bits per heavy atom. The minimum absolute atomic E-state index is 0.187. The van der Waals surface area contributed by atoms with E-state index in [-0.39, 0.29) is 5.91 Å². The average Bonchev–Trinajstić information content (AvgIpc) is 2.91. The van der Waals surface area contributed by atoms with Crippen LogP contribution in [-0.2, 0) is 6.54 Å². The predicted molar refractivity (Wildman–Crippen MR) is 111 cm³/mol. The van der Waals surface area contributed by atoms with Gasteiger partial charge in [0.1, 0.15) is 0 Å². The predicted octanol–water partition coefficient (Wildman–Crippen LogP) is 5.32. The zero-order valence-corrected chi connectivity index (χ0v) is 16.4. The number of amides is 1. The molecule has 140 valence electrons. The Labute approximate surface area is 161 Å². The molecule has 4 rings (SSSR count). The Morgan fingerprint density at radius 3 is 2.33 bits per heavy atom. The van der Waals surface area contributed by atoms with Crippen LogP contribution in [0.3, 0.4) is 0 Å². The molecule has 1 amide bonds. The summed E-state index contributed by atoms with van der Waals surface area (Å²) in [6.45, 7) is 6.98. The van der Waals surface area contributed by atoms with Crippen LogP contribution in [0.5, 0.6) is 0 Å². The van der Waals surface area contributed by atoms with Gasteiger partial charge in [0.25, 0.3) is 5.91 Å². The van der Waals surface area contributed by atoms with E-state index in [2.05, 4.69) is 60.9 Å². The van der Waals surface area contributed by atoms with Crippen molar-refractivity contribution >= 4 is 16.8 Å². The summed E-state index contributed by atoms with van der Waals surface area (Å²) in [5.41, 5.74) is 5.87. The van der Waals surface area contributed by atoms with E-state index in [0.29, 0.717) is 0 Å². The minimum atomic E-state index is 0.187. The van der Waals surface area contributed by atoms with Crippen LogP contribution < -0.4 is 0 Å². The number of carbonyl (C=O) groups is 1. The standard InChI is InChI=1S/C24H28N2O/c1-18-19(2)26(17-20-10-6-5-7-11-20)23-13-12-21(16-22(18)23)24(27)25-14-8-3-4-9-15-25/h5-7,10-13,16H,3-4,8-9,14-15,17H2,1-2H3. The number of benzene rings is 2. The number of aromatic nitrogens is 1. The van der Waals surface area contributed by atoms with Crippen LogP contribution in [0.25, 0.3) is 10.9 Å². The largest absolute Gasteiger partial charge is 0.340 e. The zero-order valence-electron chi connectivity index (χ0n) is 16.4. The molecule has 3 heteroatoms. The molecule has 0 unspecified atom stereocenters. The van der Waals surface area contributed by atoms with Gasteiger partial charge in [0.05, 0.1) is 0 Å². The van der Waals surface area contributed by atoms with Crippen molar-refractivity contribution in [1.82, 2.24) is 9.47 Å². The number of hydrogen-bond acceptors (Lipinski definition) is 1. The van der Waals surface area contributed by atoms with Crippen LogP contribution >= 0.6 is 0 Å². The molecule has 0 aliphatic carbocycles. The summed E-state index contributed by atoms with van der Waals surface area (Å²) in [7, 11) is 0. The summed E-state index contributed by atoms with van der Waals surface area (Å²) in [6, 6.07) is 16.8. The third-order valence-corrected chi connectivity index (χ3v) is 5.96. The van der Waals surface area contributed by atoms with E-state index in [4.69, 9.17) is 0 Å². The first kappa shape index (κ1) is 17.8. The maximum atomic E-state index is 13.0. The summed E-state index contributed by atoms with van der Waals surface area (Å²) in [4.78, 5) is 15.0. The van der Waals surface area contributed by atoms with Gasteiger partial charge < -0.3 is 9.47 Å². The van der Waals surface area contributed by atoms with Crippen LogP contribution in [0.2, 0.25) is 0 Å². The summed E-state index contributed by atoms with van der Waals surface area (Å²) in [5, 5.41) is 1.20. The zero-order chi connectivity index (χ0) is 18.8. The molecule has 1 aliphatic rings. The second-order valence-electron chi connectivity index (χ2n) is 7.72. The van der Waals surface area contributed by atoms with Gasteiger partial charge in [-0.15, -0.1) is 0 Å². The monoisotopic (exact) mass is 360 g/mol. The maximum absolute atomic E-state index is 13.0. The van der Waals surface area contributed by atoms with E-state index in [9.17, 15) is 4.79 Å². The van der Waals surface area contributed by atoms with Gasteiger partial charge in [0.2, 0.25) is 0 Å². The first-order valence-electron chi connectivity index (χ1n) is 10.1. The summed E-state index contributed by atoms with van der Waals surface area (Å²) >= 11 is 0. The van der Waals surface area contributed by atoms with E-state index in [0.717, 1.165) is 38.0 Å². The molecule has 0 atom stereocenters. The highest BCUT2D eigenvalue weighted by Crippen LogP contribution is 2.28. The average molecular weight is 361 g/mol. The van der Waals surface area contributed by atoms with Gasteiger partial charge in [0.15, 0.2) is 0 Å². The molecule has 27 heavy (non-hydrogen) atoms. The van der Waals surface area contributed by atoms with Gasteiger partial charge in [0, 0.05) is 41.8 Å². The number of hydrogen-bond donors (Lipinski definition) is 0. The Balaban J connectivity index is 1.68. The van der Waals surface area contributed by atoms with Crippen LogP contribution in [0.15, 0.2) is 48.5 Å². The van der Waals surface area contributed by atoms with Crippen molar-refractivity contribution < 1.29 is 4.79 Å². The highest BCUT2D eigenvalue weighted by atomic mass is 16.2. The lowest BCUT2D eigenvalue weighted by atomic mass is 10.1. The molecule has 3 aromatic rings. The smallest absolute Gasteiger partial charge is 0.253 e. The Morgan fingerprint density at radius 1 is 0.926 bits per heavy atom. The fraction of sp³-hybridized carbons (Fsp3) is 0.375. The van der Waals surface area contributed by atoms with Crippen molar-refractivity contribution in [2.24, 2.45) is 0 Å². The molecule has 1 fully saturated rings. The van der Waals surface area contributed by atoms with Crippen molar-refractivity contribution in [3.8, 4) is 0 Å². The first-order chi connectivity index (χ1) is 13.1. The molecule has 0 radical (unpaired) electrons. The molecule has 0 saturated carbocycles. The highest BCUT2D eigenvalue weighted by Gasteiger charge is 2.19. The molecule has 2 aromatic carbocycles. The summed E-state index contributed by atoms with van der Waals surface area (Å²) < 4.78 is 2.36. The highest BCUT2D eigenvalue weighted by molar-refractivity contribution is 5.99. The minimum Gasteiger partial charge on any atom is -0.340 e. The molecule has 3 nitrogen and oxygen atoms in total. The molecule has 0 N–H and O–H groups in total. The lowest BCUT2D eigenvalue weighted by molar-refractivity contribution is 0.0762. The third kappa shape index (κ3) is 3.51. The molecule has 0 bridgehead atoms. The van der Waals surface area contributed by atoms with Crippen molar-refractivity contribution in [3.05, 3.63) is 70.9 Å². The van der Waals surface area contributed by atoms with E-state index in [1.807, 2.05) is 11.0 Å². The Hall–Kier alpha value is -2.55. The van der Waals surface area contributed by atoms with Crippen molar-refractivity contribution in [2.45, 2.75) is 46.1 Å². The SMILES string of the molecule is Cc1c(C)n(Cc2ccccc2)c2ccc(C(=O)N3CCCCCC3)cc12. The first-order valence-corrected chi connectivity index (χ1v) is 10.1. The van der Waals surface area contributed by atoms with Crippen molar-refractivity contribution in [1.29, 1.82) is 0 Å². The number of fused-ring (bicyclic) bond motifs is 1. The van der Waals surface area contributed by atoms with Crippen molar-refractivity contribution in [2.75, 3.05) is 13.1 Å². The van der Waals surface area contributed by atoms with E-state index < -0.39 is 0 Å². The van der Waals surface area contributed by atoms with Crippen LogP contribution in [0, 0.1) is 13.8 Å². The number of carbonyl (C=O) groups excluding carboxylic acids is 1. The van der Waals surface area contributed by atoms with Gasteiger partial charge in [-0.2, -0.15) is 0 Å². The Bertz CT molecular complexity index is 947. The topological polar surface area (TPSA) is 25.2 Å². The fourth-order valence-corrected chi connectivity index (χ4v) is 4.21. The van der Waals surface area contributed by atoms with Gasteiger partial charge in [-0.25, -0.2) is 0 Å². The van der Waals surface area contributed by atoms with Crippen molar-refractivity contribution in [3.63, 3.8) is 0 Å². The normalized spacial score (nSPS) is 15.1.